The quantitative estimate of drug-likeness (QED) is 0.853. The third kappa shape index (κ3) is 3.94. The summed E-state index contributed by atoms with van der Waals surface area (Å²) in [5, 5.41) is 3.20. The Kier molecular flexibility index (Phi) is 5.17. The highest BCUT2D eigenvalue weighted by Gasteiger charge is 2.08. The lowest BCUT2D eigenvalue weighted by Crippen LogP contribution is -2.04. The van der Waals surface area contributed by atoms with Crippen molar-refractivity contribution in [2.24, 2.45) is 0 Å². The minimum atomic E-state index is 0.568. The zero-order valence-electron chi connectivity index (χ0n) is 12.8. The largest absolute Gasteiger partial charge is 0.439 e. The molecule has 0 atom stereocenters. The maximum atomic E-state index is 5.91. The Hall–Kier alpha value is -1.62. The number of rotatable bonds is 5. The normalized spacial score (nSPS) is 10.5. The first-order valence-corrected chi connectivity index (χ1v) is 7.89. The SMILES string of the molecule is CCNc1cc(Oc2cc(C)c(Br)c(C)c2)nc(CC)n1. The Bertz CT molecular complexity index is 620. The molecule has 0 aliphatic rings. The third-order valence-electron chi connectivity index (χ3n) is 3.06. The average Bonchev–Trinajstić information content (AvgIpc) is 2.44. The molecule has 5 heteroatoms. The van der Waals surface area contributed by atoms with Gasteiger partial charge in [0.25, 0.3) is 0 Å². The lowest BCUT2D eigenvalue weighted by atomic mass is 10.1. The number of nitrogens with one attached hydrogen (secondary N) is 1. The Balaban J connectivity index is 2.32. The van der Waals surface area contributed by atoms with Crippen LogP contribution in [0.25, 0.3) is 0 Å². The minimum Gasteiger partial charge on any atom is -0.439 e. The molecule has 21 heavy (non-hydrogen) atoms. The summed E-state index contributed by atoms with van der Waals surface area (Å²) in [6, 6.07) is 5.82. The van der Waals surface area contributed by atoms with Crippen molar-refractivity contribution in [2.75, 3.05) is 11.9 Å². The Labute approximate surface area is 134 Å². The number of nitrogens with zero attached hydrogens (tertiary/aromatic N) is 2. The van der Waals surface area contributed by atoms with Crippen LogP contribution in [0.4, 0.5) is 5.82 Å². The highest BCUT2D eigenvalue weighted by Crippen LogP contribution is 2.29. The van der Waals surface area contributed by atoms with Crippen molar-refractivity contribution < 1.29 is 4.74 Å². The van der Waals surface area contributed by atoms with E-state index >= 15 is 0 Å². The number of hydrogen-bond donors (Lipinski definition) is 1. The van der Waals surface area contributed by atoms with Gasteiger partial charge in [-0.25, -0.2) is 4.98 Å². The van der Waals surface area contributed by atoms with Crippen molar-refractivity contribution in [3.8, 4) is 11.6 Å². The third-order valence-corrected chi connectivity index (χ3v) is 4.31. The molecular formula is C16H20BrN3O. The molecule has 0 aliphatic heterocycles. The van der Waals surface area contributed by atoms with Crippen LogP contribution in [-0.4, -0.2) is 16.5 Å². The van der Waals surface area contributed by atoms with Crippen LogP contribution in [0.3, 0.4) is 0 Å². The van der Waals surface area contributed by atoms with Gasteiger partial charge in [0, 0.05) is 23.5 Å². The molecule has 0 fully saturated rings. The van der Waals surface area contributed by atoms with Gasteiger partial charge in [0.1, 0.15) is 17.4 Å². The summed E-state index contributed by atoms with van der Waals surface area (Å²) < 4.78 is 7.02. The number of anilines is 1. The molecule has 1 aromatic heterocycles. The van der Waals surface area contributed by atoms with Crippen LogP contribution in [-0.2, 0) is 6.42 Å². The van der Waals surface area contributed by atoms with Crippen LogP contribution >= 0.6 is 15.9 Å². The maximum absolute atomic E-state index is 5.91. The zero-order valence-corrected chi connectivity index (χ0v) is 14.4. The molecule has 0 saturated heterocycles. The van der Waals surface area contributed by atoms with Crippen LogP contribution in [0.5, 0.6) is 11.6 Å². The molecular weight excluding hydrogens is 330 g/mol. The van der Waals surface area contributed by atoms with E-state index in [4.69, 9.17) is 4.74 Å². The summed E-state index contributed by atoms with van der Waals surface area (Å²) >= 11 is 3.56. The highest BCUT2D eigenvalue weighted by atomic mass is 79.9. The van der Waals surface area contributed by atoms with E-state index < -0.39 is 0 Å². The van der Waals surface area contributed by atoms with Crippen molar-refractivity contribution in [1.29, 1.82) is 0 Å². The van der Waals surface area contributed by atoms with Gasteiger partial charge in [-0.1, -0.05) is 22.9 Å². The summed E-state index contributed by atoms with van der Waals surface area (Å²) in [7, 11) is 0. The van der Waals surface area contributed by atoms with E-state index in [0.29, 0.717) is 5.88 Å². The van der Waals surface area contributed by atoms with E-state index in [9.17, 15) is 0 Å². The molecule has 0 unspecified atom stereocenters. The van der Waals surface area contributed by atoms with Crippen molar-refractivity contribution in [3.05, 3.63) is 39.6 Å². The summed E-state index contributed by atoms with van der Waals surface area (Å²) in [6.45, 7) is 8.98. The molecule has 0 radical (unpaired) electrons. The smallest absolute Gasteiger partial charge is 0.224 e. The lowest BCUT2D eigenvalue weighted by molar-refractivity contribution is 0.458. The van der Waals surface area contributed by atoms with Gasteiger partial charge in [0.15, 0.2) is 0 Å². The molecule has 0 saturated carbocycles. The second-order valence-corrected chi connectivity index (χ2v) is 5.66. The number of ether oxygens (including phenoxy) is 1. The first-order valence-electron chi connectivity index (χ1n) is 7.10. The van der Waals surface area contributed by atoms with Crippen LogP contribution in [0.2, 0.25) is 0 Å². The monoisotopic (exact) mass is 349 g/mol. The number of hydrogen-bond acceptors (Lipinski definition) is 4. The molecule has 4 nitrogen and oxygen atoms in total. The van der Waals surface area contributed by atoms with Crippen LogP contribution in [0, 0.1) is 13.8 Å². The maximum Gasteiger partial charge on any atom is 0.224 e. The zero-order chi connectivity index (χ0) is 15.4. The first-order chi connectivity index (χ1) is 10.0. The molecule has 2 aromatic rings. The fourth-order valence-corrected chi connectivity index (χ4v) is 2.27. The molecule has 1 heterocycles. The highest BCUT2D eigenvalue weighted by molar-refractivity contribution is 9.10. The van der Waals surface area contributed by atoms with Gasteiger partial charge >= 0.3 is 0 Å². The van der Waals surface area contributed by atoms with Gasteiger partial charge in [-0.15, -0.1) is 0 Å². The summed E-state index contributed by atoms with van der Waals surface area (Å²) in [6.07, 6.45) is 0.772. The predicted molar refractivity (Wildman–Crippen MR) is 89.3 cm³/mol. The summed E-state index contributed by atoms with van der Waals surface area (Å²) in [5.74, 6) is 2.93. The van der Waals surface area contributed by atoms with Gasteiger partial charge in [-0.2, -0.15) is 4.98 Å². The fraction of sp³-hybridized carbons (Fsp3) is 0.375. The summed E-state index contributed by atoms with van der Waals surface area (Å²) in [5.41, 5.74) is 2.28. The fourth-order valence-electron chi connectivity index (χ4n) is 2.04. The van der Waals surface area contributed by atoms with E-state index in [1.54, 1.807) is 0 Å². The Morgan fingerprint density at radius 2 is 1.76 bits per heavy atom. The Morgan fingerprint density at radius 1 is 1.10 bits per heavy atom. The van der Waals surface area contributed by atoms with Crippen LogP contribution < -0.4 is 10.1 Å². The number of halogens is 1. The van der Waals surface area contributed by atoms with Gasteiger partial charge < -0.3 is 10.1 Å². The van der Waals surface area contributed by atoms with Crippen LogP contribution in [0.15, 0.2) is 22.7 Å². The summed E-state index contributed by atoms with van der Waals surface area (Å²) in [4.78, 5) is 8.85. The van der Waals surface area contributed by atoms with Crippen molar-refractivity contribution >= 4 is 21.7 Å². The second-order valence-electron chi connectivity index (χ2n) is 4.86. The number of aryl methyl sites for hydroxylation is 3. The predicted octanol–water partition coefficient (Wildman–Crippen LogP) is 4.64. The average molecular weight is 350 g/mol. The molecule has 0 spiro atoms. The van der Waals surface area contributed by atoms with Gasteiger partial charge in [0.2, 0.25) is 5.88 Å². The number of aromatic nitrogens is 2. The van der Waals surface area contributed by atoms with Crippen molar-refractivity contribution in [2.45, 2.75) is 34.1 Å². The second kappa shape index (κ2) is 6.89. The van der Waals surface area contributed by atoms with E-state index in [-0.39, 0.29) is 0 Å². The van der Waals surface area contributed by atoms with E-state index in [0.717, 1.165) is 46.0 Å². The molecule has 1 aromatic carbocycles. The van der Waals surface area contributed by atoms with E-state index in [1.165, 1.54) is 0 Å². The Morgan fingerprint density at radius 3 is 2.33 bits per heavy atom. The first kappa shape index (κ1) is 15.8. The molecule has 112 valence electrons. The van der Waals surface area contributed by atoms with E-state index in [2.05, 4.69) is 31.2 Å². The number of benzene rings is 1. The van der Waals surface area contributed by atoms with E-state index in [1.807, 2.05) is 45.9 Å². The standard InChI is InChI=1S/C16H20BrN3O/c1-5-13-19-14(18-6-2)9-15(20-13)21-12-7-10(3)16(17)11(4)8-12/h7-9H,5-6H2,1-4H3,(H,18,19,20). The lowest BCUT2D eigenvalue weighted by Gasteiger charge is -2.11. The van der Waals surface area contributed by atoms with Crippen molar-refractivity contribution in [3.63, 3.8) is 0 Å². The molecule has 2 rings (SSSR count). The molecule has 0 bridgehead atoms. The van der Waals surface area contributed by atoms with Gasteiger partial charge in [0.05, 0.1) is 0 Å². The van der Waals surface area contributed by atoms with Gasteiger partial charge in [-0.3, -0.25) is 0 Å². The molecule has 0 amide bonds. The van der Waals surface area contributed by atoms with Crippen molar-refractivity contribution in [1.82, 2.24) is 9.97 Å². The molecule has 1 N–H and O–H groups in total. The van der Waals surface area contributed by atoms with Gasteiger partial charge in [-0.05, 0) is 44.0 Å². The van der Waals surface area contributed by atoms with Crippen LogP contribution in [0.1, 0.15) is 30.8 Å². The topological polar surface area (TPSA) is 47.0 Å². The minimum absolute atomic E-state index is 0.568. The molecule has 0 aliphatic carbocycles.